The fourth-order valence-electron chi connectivity index (χ4n) is 2.77. The van der Waals surface area contributed by atoms with Crippen LogP contribution in [-0.4, -0.2) is 30.8 Å². The molecule has 0 unspecified atom stereocenters. The normalized spacial score (nSPS) is 10.2. The maximum atomic E-state index is 12.8. The molecular weight excluding hydrogens is 394 g/mol. The minimum atomic E-state index is -0.204. The first kappa shape index (κ1) is 21.2. The van der Waals surface area contributed by atoms with Crippen molar-refractivity contribution in [2.24, 2.45) is 0 Å². The quantitative estimate of drug-likeness (QED) is 0.587. The Balaban J connectivity index is 1.69. The number of amides is 2. The Bertz CT molecular complexity index is 1080. The van der Waals surface area contributed by atoms with Crippen molar-refractivity contribution in [3.05, 3.63) is 95.1 Å². The van der Waals surface area contributed by atoms with Crippen molar-refractivity contribution in [2.45, 2.75) is 10.6 Å². The van der Waals surface area contributed by atoms with Gasteiger partial charge in [0.1, 0.15) is 0 Å². The molecule has 30 heavy (non-hydrogen) atoms. The highest BCUT2D eigenvalue weighted by Crippen LogP contribution is 2.27. The van der Waals surface area contributed by atoms with Gasteiger partial charge in [-0.25, -0.2) is 0 Å². The Hall–Kier alpha value is -3.56. The maximum Gasteiger partial charge on any atom is 0.256 e. The molecule has 0 aliphatic carbocycles. The smallest absolute Gasteiger partial charge is 0.256 e. The Morgan fingerprint density at radius 2 is 1.63 bits per heavy atom. The van der Waals surface area contributed by atoms with Crippen molar-refractivity contribution in [3.63, 3.8) is 0 Å². The highest BCUT2D eigenvalue weighted by molar-refractivity contribution is 7.98. The molecular formula is C24H21N3O2S. The lowest BCUT2D eigenvalue weighted by atomic mass is 10.1. The SMILES string of the molecule is CN(C)C(=O)c1ccc(NC(=O)c2ccccc2SCc2ccc(C#N)cc2)cc1. The Morgan fingerprint density at radius 1 is 0.967 bits per heavy atom. The van der Waals surface area contributed by atoms with Crippen molar-refractivity contribution < 1.29 is 9.59 Å². The van der Waals surface area contributed by atoms with Gasteiger partial charge in [0.15, 0.2) is 0 Å². The molecule has 0 atom stereocenters. The summed E-state index contributed by atoms with van der Waals surface area (Å²) in [6.07, 6.45) is 0. The molecule has 0 fully saturated rings. The second kappa shape index (κ2) is 9.77. The Kier molecular flexibility index (Phi) is 6.89. The van der Waals surface area contributed by atoms with Crippen molar-refractivity contribution >= 4 is 29.3 Å². The molecule has 150 valence electrons. The van der Waals surface area contributed by atoms with Crippen LogP contribution in [0.5, 0.6) is 0 Å². The summed E-state index contributed by atoms with van der Waals surface area (Å²) in [5.41, 5.74) is 3.49. The highest BCUT2D eigenvalue weighted by Gasteiger charge is 2.13. The lowest BCUT2D eigenvalue weighted by Crippen LogP contribution is -2.21. The predicted octanol–water partition coefficient (Wildman–Crippen LogP) is 4.80. The second-order valence-electron chi connectivity index (χ2n) is 6.82. The number of hydrogen-bond acceptors (Lipinski definition) is 4. The molecule has 3 rings (SSSR count). The van der Waals surface area contributed by atoms with E-state index in [-0.39, 0.29) is 11.8 Å². The molecule has 0 spiro atoms. The third-order valence-electron chi connectivity index (χ3n) is 4.40. The van der Waals surface area contributed by atoms with Gasteiger partial charge in [0.2, 0.25) is 0 Å². The van der Waals surface area contributed by atoms with Gasteiger partial charge >= 0.3 is 0 Å². The summed E-state index contributed by atoms with van der Waals surface area (Å²) < 4.78 is 0. The largest absolute Gasteiger partial charge is 0.345 e. The van der Waals surface area contributed by atoms with Crippen LogP contribution in [0.2, 0.25) is 0 Å². The van der Waals surface area contributed by atoms with Crippen LogP contribution in [0, 0.1) is 11.3 Å². The number of benzene rings is 3. The van der Waals surface area contributed by atoms with E-state index >= 15 is 0 Å². The molecule has 0 aliphatic rings. The van der Waals surface area contributed by atoms with Crippen LogP contribution in [0.3, 0.4) is 0 Å². The third kappa shape index (κ3) is 5.28. The van der Waals surface area contributed by atoms with E-state index in [1.165, 1.54) is 4.90 Å². The molecule has 2 amide bonds. The summed E-state index contributed by atoms with van der Waals surface area (Å²) >= 11 is 1.57. The molecule has 3 aromatic carbocycles. The molecule has 5 nitrogen and oxygen atoms in total. The lowest BCUT2D eigenvalue weighted by Gasteiger charge is -2.12. The third-order valence-corrected chi connectivity index (χ3v) is 5.55. The van der Waals surface area contributed by atoms with Crippen molar-refractivity contribution in [1.29, 1.82) is 5.26 Å². The number of nitriles is 1. The zero-order valence-corrected chi connectivity index (χ0v) is 17.6. The predicted molar refractivity (Wildman–Crippen MR) is 120 cm³/mol. The molecule has 0 radical (unpaired) electrons. The fraction of sp³-hybridized carbons (Fsp3) is 0.125. The van der Waals surface area contributed by atoms with Crippen LogP contribution in [0.4, 0.5) is 5.69 Å². The zero-order chi connectivity index (χ0) is 21.5. The van der Waals surface area contributed by atoms with Crippen LogP contribution < -0.4 is 5.32 Å². The van der Waals surface area contributed by atoms with Gasteiger partial charge in [-0.2, -0.15) is 5.26 Å². The van der Waals surface area contributed by atoms with E-state index in [2.05, 4.69) is 11.4 Å². The summed E-state index contributed by atoms with van der Waals surface area (Å²) in [5, 5.41) is 11.8. The molecule has 0 saturated heterocycles. The molecule has 3 aromatic rings. The van der Waals surface area contributed by atoms with Crippen LogP contribution >= 0.6 is 11.8 Å². The maximum absolute atomic E-state index is 12.8. The van der Waals surface area contributed by atoms with Gasteiger partial charge in [0.05, 0.1) is 17.2 Å². The second-order valence-corrected chi connectivity index (χ2v) is 7.84. The molecule has 1 N–H and O–H groups in total. The summed E-state index contributed by atoms with van der Waals surface area (Å²) in [6.45, 7) is 0. The van der Waals surface area contributed by atoms with Crippen molar-refractivity contribution in [1.82, 2.24) is 4.90 Å². The average molecular weight is 416 g/mol. The summed E-state index contributed by atoms with van der Waals surface area (Å²) in [6, 6.07) is 23.8. The van der Waals surface area contributed by atoms with Gasteiger partial charge in [-0.15, -0.1) is 11.8 Å². The zero-order valence-electron chi connectivity index (χ0n) is 16.8. The van der Waals surface area contributed by atoms with Gasteiger partial charge in [-0.3, -0.25) is 9.59 Å². The summed E-state index contributed by atoms with van der Waals surface area (Å²) in [5.74, 6) is 0.402. The molecule has 0 aromatic heterocycles. The van der Waals surface area contributed by atoms with E-state index in [1.807, 2.05) is 30.3 Å². The van der Waals surface area contributed by atoms with Crippen LogP contribution in [0.15, 0.2) is 77.7 Å². The molecule has 0 heterocycles. The molecule has 0 aliphatic heterocycles. The minimum absolute atomic E-state index is 0.0857. The van der Waals surface area contributed by atoms with Gasteiger partial charge in [-0.1, -0.05) is 24.3 Å². The van der Waals surface area contributed by atoms with Gasteiger partial charge < -0.3 is 10.2 Å². The first-order valence-electron chi connectivity index (χ1n) is 9.32. The number of carbonyl (C=O) groups is 2. The van der Waals surface area contributed by atoms with Crippen LogP contribution in [-0.2, 0) is 5.75 Å². The van der Waals surface area contributed by atoms with Crippen LogP contribution in [0.1, 0.15) is 31.8 Å². The summed E-state index contributed by atoms with van der Waals surface area (Å²) in [4.78, 5) is 27.2. The first-order valence-corrected chi connectivity index (χ1v) is 10.3. The number of carbonyl (C=O) groups excluding carboxylic acids is 2. The number of nitrogens with zero attached hydrogens (tertiary/aromatic N) is 2. The van der Waals surface area contributed by atoms with Crippen molar-refractivity contribution in [3.8, 4) is 6.07 Å². The highest BCUT2D eigenvalue weighted by atomic mass is 32.2. The average Bonchev–Trinajstić information content (AvgIpc) is 2.78. The monoisotopic (exact) mass is 415 g/mol. The standard InChI is InChI=1S/C24H21N3O2S/c1-27(2)24(29)19-11-13-20(14-12-19)26-23(28)21-5-3-4-6-22(21)30-16-18-9-7-17(15-25)8-10-18/h3-14H,16H2,1-2H3,(H,26,28). The van der Waals surface area contributed by atoms with E-state index in [0.29, 0.717) is 28.1 Å². The van der Waals surface area contributed by atoms with E-state index in [4.69, 9.17) is 5.26 Å². The van der Waals surface area contributed by atoms with Gasteiger partial charge in [-0.05, 0) is 54.1 Å². The number of rotatable bonds is 6. The fourth-order valence-corrected chi connectivity index (χ4v) is 3.78. The van der Waals surface area contributed by atoms with E-state index < -0.39 is 0 Å². The number of thioether (sulfide) groups is 1. The lowest BCUT2D eigenvalue weighted by molar-refractivity contribution is 0.0827. The molecule has 0 saturated carbocycles. The topological polar surface area (TPSA) is 73.2 Å². The van der Waals surface area contributed by atoms with Crippen molar-refractivity contribution in [2.75, 3.05) is 19.4 Å². The first-order chi connectivity index (χ1) is 14.5. The van der Waals surface area contributed by atoms with Gasteiger partial charge in [0, 0.05) is 36.0 Å². The van der Waals surface area contributed by atoms with E-state index in [1.54, 1.807) is 68.3 Å². The number of nitrogens with one attached hydrogen (secondary N) is 1. The Labute approximate surface area is 180 Å². The molecule has 0 bridgehead atoms. The minimum Gasteiger partial charge on any atom is -0.345 e. The number of anilines is 1. The van der Waals surface area contributed by atoms with E-state index in [9.17, 15) is 9.59 Å². The summed E-state index contributed by atoms with van der Waals surface area (Å²) in [7, 11) is 3.40. The van der Waals surface area contributed by atoms with Crippen LogP contribution in [0.25, 0.3) is 0 Å². The van der Waals surface area contributed by atoms with E-state index in [0.717, 1.165) is 10.5 Å². The van der Waals surface area contributed by atoms with Gasteiger partial charge in [0.25, 0.3) is 11.8 Å². The molecule has 6 heteroatoms. The number of hydrogen-bond donors (Lipinski definition) is 1. The Morgan fingerprint density at radius 3 is 2.27 bits per heavy atom.